The number of anilines is 1. The maximum Gasteiger partial charge on any atom is 0.269 e. The van der Waals surface area contributed by atoms with Gasteiger partial charge in [0.15, 0.2) is 0 Å². The Morgan fingerprint density at radius 3 is 2.59 bits per heavy atom. The number of aliphatic hydroxyl groups excluding tert-OH is 1. The molecule has 5 heteroatoms. The Labute approximate surface area is 101 Å². The summed E-state index contributed by atoms with van der Waals surface area (Å²) < 4.78 is 0. The normalized spacial score (nSPS) is 12.5. The number of hydrogen-bond donors (Lipinski definition) is 2. The molecule has 0 aliphatic rings. The van der Waals surface area contributed by atoms with Crippen molar-refractivity contribution in [3.05, 3.63) is 33.9 Å². The van der Waals surface area contributed by atoms with Gasteiger partial charge in [-0.25, -0.2) is 0 Å². The monoisotopic (exact) mass is 238 g/mol. The average molecular weight is 238 g/mol. The van der Waals surface area contributed by atoms with Crippen LogP contribution in [-0.4, -0.2) is 22.7 Å². The molecule has 0 heterocycles. The zero-order chi connectivity index (χ0) is 13.0. The second-order valence-corrected chi connectivity index (χ2v) is 4.45. The molecule has 1 aromatic carbocycles. The molecule has 1 unspecified atom stereocenters. The van der Waals surface area contributed by atoms with Crippen LogP contribution in [0.4, 0.5) is 11.4 Å². The molecule has 0 radical (unpaired) electrons. The first-order chi connectivity index (χ1) is 7.91. The maximum atomic E-state index is 10.6. The molecule has 1 aromatic rings. The van der Waals surface area contributed by atoms with Crippen LogP contribution in [0.5, 0.6) is 0 Å². The quantitative estimate of drug-likeness (QED) is 0.609. The lowest BCUT2D eigenvalue weighted by atomic mass is 10.1. The van der Waals surface area contributed by atoms with E-state index in [1.165, 1.54) is 12.1 Å². The third-order valence-corrected chi connectivity index (χ3v) is 2.69. The van der Waals surface area contributed by atoms with E-state index >= 15 is 0 Å². The van der Waals surface area contributed by atoms with Crippen molar-refractivity contribution >= 4 is 11.4 Å². The number of benzene rings is 1. The molecule has 1 rings (SSSR count). The summed E-state index contributed by atoms with van der Waals surface area (Å²) in [5.41, 5.74) is 1.70. The van der Waals surface area contributed by atoms with E-state index in [4.69, 9.17) is 0 Å². The fraction of sp³-hybridized carbons (Fsp3) is 0.500. The number of nitrogens with zero attached hydrogens (tertiary/aromatic N) is 1. The lowest BCUT2D eigenvalue weighted by Gasteiger charge is -2.16. The molecule has 1 atom stereocenters. The second-order valence-electron chi connectivity index (χ2n) is 4.45. The van der Waals surface area contributed by atoms with E-state index in [9.17, 15) is 15.2 Å². The Hall–Kier alpha value is -1.62. The Morgan fingerprint density at radius 1 is 1.47 bits per heavy atom. The van der Waals surface area contributed by atoms with E-state index in [-0.39, 0.29) is 11.6 Å². The van der Waals surface area contributed by atoms with Gasteiger partial charge in [0.25, 0.3) is 5.69 Å². The minimum Gasteiger partial charge on any atom is -0.391 e. The van der Waals surface area contributed by atoms with Crippen molar-refractivity contribution < 1.29 is 10.0 Å². The molecule has 0 bridgehead atoms. The Kier molecular flexibility index (Phi) is 4.45. The maximum absolute atomic E-state index is 10.6. The van der Waals surface area contributed by atoms with Crippen molar-refractivity contribution in [3.8, 4) is 0 Å². The van der Waals surface area contributed by atoms with Crippen LogP contribution in [0.3, 0.4) is 0 Å². The topological polar surface area (TPSA) is 75.4 Å². The highest BCUT2D eigenvalue weighted by atomic mass is 16.6. The third kappa shape index (κ3) is 3.71. The van der Waals surface area contributed by atoms with Crippen molar-refractivity contribution in [1.82, 2.24) is 0 Å². The first kappa shape index (κ1) is 13.4. The lowest BCUT2D eigenvalue weighted by molar-refractivity contribution is -0.384. The van der Waals surface area contributed by atoms with E-state index in [0.29, 0.717) is 6.54 Å². The zero-order valence-corrected chi connectivity index (χ0v) is 10.3. The van der Waals surface area contributed by atoms with E-state index < -0.39 is 11.0 Å². The number of aliphatic hydroxyl groups is 1. The van der Waals surface area contributed by atoms with E-state index in [1.807, 2.05) is 13.8 Å². The Morgan fingerprint density at radius 2 is 2.12 bits per heavy atom. The predicted octanol–water partition coefficient (Wildman–Crippen LogP) is 2.33. The van der Waals surface area contributed by atoms with Gasteiger partial charge < -0.3 is 10.4 Å². The van der Waals surface area contributed by atoms with Gasteiger partial charge in [0.2, 0.25) is 0 Å². The van der Waals surface area contributed by atoms with Crippen molar-refractivity contribution in [1.29, 1.82) is 0 Å². The number of rotatable bonds is 5. The van der Waals surface area contributed by atoms with E-state index in [1.54, 1.807) is 13.0 Å². The van der Waals surface area contributed by atoms with Crippen LogP contribution in [0.25, 0.3) is 0 Å². The van der Waals surface area contributed by atoms with Crippen molar-refractivity contribution in [3.63, 3.8) is 0 Å². The highest BCUT2D eigenvalue weighted by Crippen LogP contribution is 2.21. The lowest BCUT2D eigenvalue weighted by Crippen LogP contribution is -2.24. The smallest absolute Gasteiger partial charge is 0.269 e. The number of aryl methyl sites for hydroxylation is 1. The molecule has 17 heavy (non-hydrogen) atoms. The fourth-order valence-electron chi connectivity index (χ4n) is 1.41. The van der Waals surface area contributed by atoms with Gasteiger partial charge in [-0.1, -0.05) is 13.8 Å². The molecule has 0 aliphatic heterocycles. The number of nitro groups is 1. The van der Waals surface area contributed by atoms with Gasteiger partial charge in [-0.15, -0.1) is 0 Å². The van der Waals surface area contributed by atoms with Crippen LogP contribution >= 0.6 is 0 Å². The number of hydrogen-bond acceptors (Lipinski definition) is 4. The average Bonchev–Trinajstić information content (AvgIpc) is 2.26. The van der Waals surface area contributed by atoms with Crippen molar-refractivity contribution in [2.75, 3.05) is 11.9 Å². The molecule has 94 valence electrons. The molecule has 5 nitrogen and oxygen atoms in total. The van der Waals surface area contributed by atoms with Gasteiger partial charge in [-0.2, -0.15) is 0 Å². The van der Waals surface area contributed by atoms with Gasteiger partial charge in [0.1, 0.15) is 0 Å². The first-order valence-corrected chi connectivity index (χ1v) is 5.58. The highest BCUT2D eigenvalue weighted by Gasteiger charge is 2.11. The molecule has 0 saturated heterocycles. The molecule has 0 saturated carbocycles. The van der Waals surface area contributed by atoms with Gasteiger partial charge >= 0.3 is 0 Å². The SMILES string of the molecule is Cc1cc([N+](=O)[O-])ccc1NCC(O)C(C)C. The molecule has 0 aromatic heterocycles. The molecular formula is C12H18N2O3. The number of non-ortho nitro benzene ring substituents is 1. The van der Waals surface area contributed by atoms with Crippen molar-refractivity contribution in [2.45, 2.75) is 26.9 Å². The summed E-state index contributed by atoms with van der Waals surface area (Å²) >= 11 is 0. The van der Waals surface area contributed by atoms with Gasteiger partial charge in [-0.3, -0.25) is 10.1 Å². The van der Waals surface area contributed by atoms with Crippen LogP contribution < -0.4 is 5.32 Å². The third-order valence-electron chi connectivity index (χ3n) is 2.69. The minimum absolute atomic E-state index is 0.0810. The molecule has 0 spiro atoms. The summed E-state index contributed by atoms with van der Waals surface area (Å²) in [5.74, 6) is 0.181. The minimum atomic E-state index is -0.426. The first-order valence-electron chi connectivity index (χ1n) is 5.58. The summed E-state index contributed by atoms with van der Waals surface area (Å²) in [4.78, 5) is 10.1. The van der Waals surface area contributed by atoms with Crippen LogP contribution in [-0.2, 0) is 0 Å². The molecule has 0 amide bonds. The molecular weight excluding hydrogens is 220 g/mol. The predicted molar refractivity (Wildman–Crippen MR) is 67.2 cm³/mol. The highest BCUT2D eigenvalue weighted by molar-refractivity contribution is 5.55. The summed E-state index contributed by atoms with van der Waals surface area (Å²) in [7, 11) is 0. The summed E-state index contributed by atoms with van der Waals surface area (Å²) in [6.07, 6.45) is -0.426. The van der Waals surface area contributed by atoms with Gasteiger partial charge in [-0.05, 0) is 24.5 Å². The van der Waals surface area contributed by atoms with Crippen LogP contribution in [0.1, 0.15) is 19.4 Å². The largest absolute Gasteiger partial charge is 0.391 e. The fourth-order valence-corrected chi connectivity index (χ4v) is 1.41. The van der Waals surface area contributed by atoms with Crippen LogP contribution in [0, 0.1) is 23.0 Å². The standard InChI is InChI=1S/C12H18N2O3/c1-8(2)12(15)7-13-11-5-4-10(14(16)17)6-9(11)3/h4-6,8,12-13,15H,7H2,1-3H3. The molecule has 0 fully saturated rings. The van der Waals surface area contributed by atoms with Gasteiger partial charge in [0.05, 0.1) is 11.0 Å². The Balaban J connectivity index is 2.70. The van der Waals surface area contributed by atoms with Gasteiger partial charge in [0, 0.05) is 24.4 Å². The molecule has 2 N–H and O–H groups in total. The summed E-state index contributed by atoms with van der Waals surface area (Å²) in [5, 5.41) is 23.3. The summed E-state index contributed by atoms with van der Waals surface area (Å²) in [6, 6.07) is 4.64. The van der Waals surface area contributed by atoms with Crippen LogP contribution in [0.15, 0.2) is 18.2 Å². The number of nitrogens with one attached hydrogen (secondary N) is 1. The number of nitro benzene ring substituents is 1. The van der Waals surface area contributed by atoms with Crippen molar-refractivity contribution in [2.24, 2.45) is 5.92 Å². The second kappa shape index (κ2) is 5.63. The Bertz CT molecular complexity index is 405. The van der Waals surface area contributed by atoms with E-state index in [0.717, 1.165) is 11.3 Å². The summed E-state index contributed by atoms with van der Waals surface area (Å²) in [6.45, 7) is 6.12. The van der Waals surface area contributed by atoms with E-state index in [2.05, 4.69) is 5.32 Å². The van der Waals surface area contributed by atoms with Crippen LogP contribution in [0.2, 0.25) is 0 Å². The molecule has 0 aliphatic carbocycles. The zero-order valence-electron chi connectivity index (χ0n) is 10.3.